The highest BCUT2D eigenvalue weighted by Gasteiger charge is 2.33. The summed E-state index contributed by atoms with van der Waals surface area (Å²) in [7, 11) is 0. The van der Waals surface area contributed by atoms with Crippen LogP contribution in [0.3, 0.4) is 0 Å². The van der Waals surface area contributed by atoms with Gasteiger partial charge in [-0.05, 0) is 24.6 Å². The third-order valence-electron chi connectivity index (χ3n) is 3.60. The minimum absolute atomic E-state index is 0.228. The van der Waals surface area contributed by atoms with Gasteiger partial charge in [-0.15, -0.1) is 0 Å². The van der Waals surface area contributed by atoms with Crippen LogP contribution in [-0.4, -0.2) is 39.5 Å². The molecule has 1 unspecified atom stereocenters. The Kier molecular flexibility index (Phi) is 5.79. The number of H-pyrrole nitrogens is 1. The second-order valence-electron chi connectivity index (χ2n) is 5.28. The number of hydrogen-bond donors (Lipinski definition) is 3. The van der Waals surface area contributed by atoms with Gasteiger partial charge >= 0.3 is 12.0 Å². The molecule has 0 saturated carbocycles. The zero-order chi connectivity index (χ0) is 18.5. The van der Waals surface area contributed by atoms with Crippen molar-refractivity contribution >= 4 is 35.4 Å². The van der Waals surface area contributed by atoms with Crippen LogP contribution >= 0.6 is 23.4 Å². The summed E-state index contributed by atoms with van der Waals surface area (Å²) in [6.45, 7) is 1.96. The van der Waals surface area contributed by atoms with Gasteiger partial charge in [0.05, 0.1) is 18.2 Å². The second-order valence-corrected chi connectivity index (χ2v) is 6.68. The van der Waals surface area contributed by atoms with Gasteiger partial charge in [0.15, 0.2) is 5.16 Å². The molecule has 1 aliphatic heterocycles. The quantitative estimate of drug-likeness (QED) is 0.513. The molecule has 0 radical (unpaired) electrons. The number of ether oxygens (including phenoxy) is 1. The predicted molar refractivity (Wildman–Crippen MR) is 96.6 cm³/mol. The fourth-order valence-corrected chi connectivity index (χ4v) is 3.36. The summed E-state index contributed by atoms with van der Waals surface area (Å²) >= 11 is 7.26. The van der Waals surface area contributed by atoms with Crippen molar-refractivity contribution in [3.05, 3.63) is 52.4 Å². The van der Waals surface area contributed by atoms with E-state index >= 15 is 0 Å². The lowest BCUT2D eigenvalue weighted by molar-refractivity contribution is -0.139. The van der Waals surface area contributed by atoms with Crippen LogP contribution < -0.4 is 10.6 Å². The third-order valence-corrected chi connectivity index (χ3v) is 4.75. The maximum absolute atomic E-state index is 12.6. The number of rotatable bonds is 6. The Balaban J connectivity index is 1.96. The van der Waals surface area contributed by atoms with Gasteiger partial charge in [-0.2, -0.15) is 5.10 Å². The number of thioether (sulfide) groups is 1. The molecule has 0 spiro atoms. The summed E-state index contributed by atoms with van der Waals surface area (Å²) in [5, 5.41) is 13.1. The van der Waals surface area contributed by atoms with Gasteiger partial charge in [0.2, 0.25) is 0 Å². The van der Waals surface area contributed by atoms with E-state index < -0.39 is 18.0 Å². The van der Waals surface area contributed by atoms with E-state index in [4.69, 9.17) is 16.3 Å². The molecule has 0 saturated heterocycles. The number of carbonyl (C=O) groups is 2. The monoisotopic (exact) mass is 393 g/mol. The van der Waals surface area contributed by atoms with E-state index in [-0.39, 0.29) is 6.61 Å². The molecule has 2 heterocycles. The van der Waals surface area contributed by atoms with Crippen LogP contribution in [0.1, 0.15) is 18.5 Å². The highest BCUT2D eigenvalue weighted by molar-refractivity contribution is 7.99. The Bertz CT molecular complexity index is 823. The van der Waals surface area contributed by atoms with Gasteiger partial charge in [0.1, 0.15) is 6.33 Å². The van der Waals surface area contributed by atoms with Crippen LogP contribution in [0, 0.1) is 0 Å². The normalized spacial score (nSPS) is 16.8. The van der Waals surface area contributed by atoms with Gasteiger partial charge in [-0.3, -0.25) is 5.10 Å². The molecule has 136 valence electrons. The molecule has 2 aromatic rings. The lowest BCUT2D eigenvalue weighted by atomic mass is 9.95. The highest BCUT2D eigenvalue weighted by Crippen LogP contribution is 2.30. The first kappa shape index (κ1) is 18.3. The third kappa shape index (κ3) is 4.17. The van der Waals surface area contributed by atoms with E-state index in [9.17, 15) is 9.59 Å². The SMILES string of the molecule is CCOC(=O)C1=C(CSc2ncn[nH]2)NC(=O)NC1c1ccc(Cl)cc1. The lowest BCUT2D eigenvalue weighted by Crippen LogP contribution is -2.46. The largest absolute Gasteiger partial charge is 0.463 e. The number of aromatic amines is 1. The maximum atomic E-state index is 12.6. The summed E-state index contributed by atoms with van der Waals surface area (Å²) in [6.07, 6.45) is 1.39. The lowest BCUT2D eigenvalue weighted by Gasteiger charge is -2.29. The smallest absolute Gasteiger partial charge is 0.338 e. The second kappa shape index (κ2) is 8.24. The van der Waals surface area contributed by atoms with Gasteiger partial charge in [-0.25, -0.2) is 14.6 Å². The highest BCUT2D eigenvalue weighted by atomic mass is 35.5. The predicted octanol–water partition coefficient (Wildman–Crippen LogP) is 2.42. The maximum Gasteiger partial charge on any atom is 0.338 e. The van der Waals surface area contributed by atoms with Crippen molar-refractivity contribution in [1.29, 1.82) is 0 Å². The molecule has 1 aromatic carbocycles. The molecule has 1 aliphatic rings. The van der Waals surface area contributed by atoms with Crippen molar-refractivity contribution in [3.63, 3.8) is 0 Å². The summed E-state index contributed by atoms with van der Waals surface area (Å²) in [4.78, 5) is 28.7. The molecule has 10 heteroatoms. The summed E-state index contributed by atoms with van der Waals surface area (Å²) in [5.74, 6) is -0.172. The Morgan fingerprint density at radius 1 is 1.35 bits per heavy atom. The van der Waals surface area contributed by atoms with Crippen LogP contribution in [-0.2, 0) is 9.53 Å². The number of hydrogen-bond acceptors (Lipinski definition) is 6. The first-order chi connectivity index (χ1) is 12.6. The fourth-order valence-electron chi connectivity index (χ4n) is 2.49. The first-order valence-electron chi connectivity index (χ1n) is 7.79. The molecule has 1 atom stereocenters. The molecule has 3 N–H and O–H groups in total. The molecular weight excluding hydrogens is 378 g/mol. The Morgan fingerprint density at radius 3 is 2.77 bits per heavy atom. The molecule has 0 aliphatic carbocycles. The van der Waals surface area contributed by atoms with Crippen molar-refractivity contribution in [1.82, 2.24) is 25.8 Å². The number of aromatic nitrogens is 3. The number of halogens is 1. The zero-order valence-corrected chi connectivity index (χ0v) is 15.4. The van der Waals surface area contributed by atoms with Gasteiger partial charge in [-0.1, -0.05) is 35.5 Å². The molecule has 26 heavy (non-hydrogen) atoms. The van der Waals surface area contributed by atoms with E-state index in [1.54, 1.807) is 31.2 Å². The summed E-state index contributed by atoms with van der Waals surface area (Å²) in [6, 6.07) is 5.91. The van der Waals surface area contributed by atoms with E-state index in [0.29, 0.717) is 27.2 Å². The Labute approximate surface area is 158 Å². The Morgan fingerprint density at radius 2 is 2.12 bits per heavy atom. The van der Waals surface area contributed by atoms with E-state index in [2.05, 4.69) is 25.8 Å². The number of urea groups is 1. The number of esters is 1. The summed E-state index contributed by atoms with van der Waals surface area (Å²) < 4.78 is 5.20. The van der Waals surface area contributed by atoms with Crippen molar-refractivity contribution in [3.8, 4) is 0 Å². The Hall–Kier alpha value is -2.52. The topological polar surface area (TPSA) is 109 Å². The van der Waals surface area contributed by atoms with Crippen molar-refractivity contribution in [2.75, 3.05) is 12.4 Å². The van der Waals surface area contributed by atoms with Crippen LogP contribution in [0.15, 0.2) is 47.0 Å². The molecule has 2 amide bonds. The van der Waals surface area contributed by atoms with Crippen molar-refractivity contribution in [2.45, 2.75) is 18.1 Å². The number of amides is 2. The molecular formula is C16H16ClN5O3S. The number of nitrogens with one attached hydrogen (secondary N) is 3. The van der Waals surface area contributed by atoms with Crippen LogP contribution in [0.4, 0.5) is 4.79 Å². The molecule has 1 aromatic heterocycles. The number of benzene rings is 1. The van der Waals surface area contributed by atoms with Gasteiger partial charge in [0, 0.05) is 16.5 Å². The first-order valence-corrected chi connectivity index (χ1v) is 9.16. The minimum Gasteiger partial charge on any atom is -0.463 e. The standard InChI is InChI=1S/C16H16ClN5O3S/c1-2-25-14(23)12-11(7-26-16-18-8-19-22-16)20-15(24)21-13(12)9-3-5-10(17)6-4-9/h3-6,8,13H,2,7H2,1H3,(H,18,19,22)(H2,20,21,24). The van der Waals surface area contributed by atoms with Gasteiger partial charge < -0.3 is 15.4 Å². The molecule has 3 rings (SSSR count). The molecule has 8 nitrogen and oxygen atoms in total. The molecule has 0 fully saturated rings. The van der Waals surface area contributed by atoms with Gasteiger partial charge in [0.25, 0.3) is 0 Å². The average molecular weight is 394 g/mol. The zero-order valence-electron chi connectivity index (χ0n) is 13.8. The van der Waals surface area contributed by atoms with Crippen molar-refractivity contribution < 1.29 is 14.3 Å². The van der Waals surface area contributed by atoms with E-state index in [0.717, 1.165) is 5.56 Å². The van der Waals surface area contributed by atoms with E-state index in [1.165, 1.54) is 18.1 Å². The fraction of sp³-hybridized carbons (Fsp3) is 0.250. The minimum atomic E-state index is -0.634. The summed E-state index contributed by atoms with van der Waals surface area (Å²) in [5.41, 5.74) is 1.55. The number of nitrogens with zero attached hydrogens (tertiary/aromatic N) is 2. The van der Waals surface area contributed by atoms with Crippen molar-refractivity contribution in [2.24, 2.45) is 0 Å². The molecule has 0 bridgehead atoms. The van der Waals surface area contributed by atoms with Crippen LogP contribution in [0.2, 0.25) is 5.02 Å². The van der Waals surface area contributed by atoms with Crippen LogP contribution in [0.25, 0.3) is 0 Å². The number of carbonyl (C=O) groups excluding carboxylic acids is 2. The average Bonchev–Trinajstić information content (AvgIpc) is 3.13. The van der Waals surface area contributed by atoms with E-state index in [1.807, 2.05) is 0 Å². The van der Waals surface area contributed by atoms with Crippen LogP contribution in [0.5, 0.6) is 0 Å².